The van der Waals surface area contributed by atoms with E-state index in [4.69, 9.17) is 9.47 Å². The van der Waals surface area contributed by atoms with Gasteiger partial charge < -0.3 is 14.8 Å². The van der Waals surface area contributed by atoms with Crippen molar-refractivity contribution < 1.29 is 14.3 Å². The number of nitrogens with one attached hydrogen (secondary N) is 1. The van der Waals surface area contributed by atoms with E-state index in [1.165, 1.54) is 0 Å². The molecule has 1 aliphatic heterocycles. The number of benzene rings is 2. The van der Waals surface area contributed by atoms with Crippen LogP contribution in [0.1, 0.15) is 73.4 Å². The number of hydrogen-bond donors (Lipinski definition) is 1. The van der Waals surface area contributed by atoms with Crippen molar-refractivity contribution in [3.63, 3.8) is 0 Å². The highest BCUT2D eigenvalue weighted by molar-refractivity contribution is 5.93. The zero-order valence-electron chi connectivity index (χ0n) is 20.2. The van der Waals surface area contributed by atoms with Gasteiger partial charge in [0.1, 0.15) is 11.5 Å². The summed E-state index contributed by atoms with van der Waals surface area (Å²) in [6, 6.07) is 6.28. The quantitative estimate of drug-likeness (QED) is 0.595. The first-order valence-electron chi connectivity index (χ1n) is 10.8. The molecular weight excluding hydrogens is 386 g/mol. The summed E-state index contributed by atoms with van der Waals surface area (Å²) >= 11 is 0. The molecule has 4 nitrogen and oxygen atoms in total. The van der Waals surface area contributed by atoms with Gasteiger partial charge in [0, 0.05) is 29.2 Å². The van der Waals surface area contributed by atoms with Crippen LogP contribution in [-0.2, 0) is 4.79 Å². The Morgan fingerprint density at radius 1 is 1.19 bits per heavy atom. The van der Waals surface area contributed by atoms with Gasteiger partial charge in [-0.1, -0.05) is 39.5 Å². The molecule has 0 radical (unpaired) electrons. The van der Waals surface area contributed by atoms with Crippen molar-refractivity contribution in [2.45, 2.75) is 60.8 Å². The smallest absolute Gasteiger partial charge is 0.224 e. The van der Waals surface area contributed by atoms with Crippen molar-refractivity contribution in [1.29, 1.82) is 0 Å². The summed E-state index contributed by atoms with van der Waals surface area (Å²) < 4.78 is 11.8. The van der Waals surface area contributed by atoms with E-state index in [2.05, 4.69) is 71.6 Å². The maximum Gasteiger partial charge on any atom is 0.224 e. The number of amides is 1. The van der Waals surface area contributed by atoms with Gasteiger partial charge in [0.25, 0.3) is 0 Å². The van der Waals surface area contributed by atoms with Crippen molar-refractivity contribution in [2.24, 2.45) is 5.41 Å². The molecule has 0 bridgehead atoms. The van der Waals surface area contributed by atoms with Gasteiger partial charge in [-0.15, -0.1) is 0 Å². The summed E-state index contributed by atoms with van der Waals surface area (Å²) in [6.07, 6.45) is 0.474. The summed E-state index contributed by atoms with van der Waals surface area (Å²) in [5, 5.41) is 3.19. The van der Waals surface area contributed by atoms with E-state index in [0.29, 0.717) is 13.0 Å². The number of methoxy groups -OCH3 is 1. The molecule has 0 saturated carbocycles. The van der Waals surface area contributed by atoms with Crippen LogP contribution < -0.4 is 14.8 Å². The minimum absolute atomic E-state index is 0.0426. The van der Waals surface area contributed by atoms with Gasteiger partial charge in [0.05, 0.1) is 13.7 Å². The Labute approximate surface area is 186 Å². The maximum absolute atomic E-state index is 12.7. The van der Waals surface area contributed by atoms with Crippen molar-refractivity contribution in [2.75, 3.05) is 19.0 Å². The van der Waals surface area contributed by atoms with Gasteiger partial charge in [0.15, 0.2) is 0 Å². The first kappa shape index (κ1) is 22.9. The zero-order valence-corrected chi connectivity index (χ0v) is 20.2. The standard InChI is InChI=1S/C27H35NO3/c1-15(2)20-11-10-19(12-22(20)30-9)21-14-31-26-17(4)16(3)25(18(5)24(21)26)28-23(29)13-27(6,7)8/h10-12,21H,1,13-14H2,2-9H3,(H,28,29). The third-order valence-corrected chi connectivity index (χ3v) is 6.09. The van der Waals surface area contributed by atoms with Gasteiger partial charge in [-0.05, 0) is 67.0 Å². The highest BCUT2D eigenvalue weighted by atomic mass is 16.5. The molecule has 2 aromatic carbocycles. The molecule has 3 rings (SSSR count). The van der Waals surface area contributed by atoms with Crippen LogP contribution in [-0.4, -0.2) is 19.6 Å². The summed E-state index contributed by atoms with van der Waals surface area (Å²) in [4.78, 5) is 12.7. The molecular formula is C27H35NO3. The van der Waals surface area contributed by atoms with Crippen LogP contribution in [0.3, 0.4) is 0 Å². The third-order valence-electron chi connectivity index (χ3n) is 6.09. The van der Waals surface area contributed by atoms with Crippen LogP contribution in [0.4, 0.5) is 5.69 Å². The Hall–Kier alpha value is -2.75. The lowest BCUT2D eigenvalue weighted by atomic mass is 9.85. The van der Waals surface area contributed by atoms with Crippen LogP contribution in [0.2, 0.25) is 0 Å². The van der Waals surface area contributed by atoms with E-state index in [-0.39, 0.29) is 17.2 Å². The van der Waals surface area contributed by atoms with Gasteiger partial charge in [-0.3, -0.25) is 4.79 Å². The molecule has 1 N–H and O–H groups in total. The van der Waals surface area contributed by atoms with E-state index < -0.39 is 0 Å². The lowest BCUT2D eigenvalue weighted by Crippen LogP contribution is -2.21. The molecule has 0 aromatic heterocycles. The maximum atomic E-state index is 12.7. The molecule has 0 aliphatic carbocycles. The van der Waals surface area contributed by atoms with E-state index in [1.54, 1.807) is 7.11 Å². The first-order valence-corrected chi connectivity index (χ1v) is 10.8. The van der Waals surface area contributed by atoms with Gasteiger partial charge in [-0.2, -0.15) is 0 Å². The number of fused-ring (bicyclic) bond motifs is 1. The second kappa shape index (κ2) is 8.41. The number of carbonyl (C=O) groups excluding carboxylic acids is 1. The Bertz CT molecular complexity index is 1040. The highest BCUT2D eigenvalue weighted by Gasteiger charge is 2.32. The lowest BCUT2D eigenvalue weighted by Gasteiger charge is -2.22. The Morgan fingerprint density at radius 2 is 1.87 bits per heavy atom. The number of allylic oxidation sites excluding steroid dienone is 1. The fourth-order valence-corrected chi connectivity index (χ4v) is 4.39. The van der Waals surface area contributed by atoms with Crippen molar-refractivity contribution in [1.82, 2.24) is 0 Å². The van der Waals surface area contributed by atoms with Gasteiger partial charge in [-0.25, -0.2) is 0 Å². The van der Waals surface area contributed by atoms with Crippen molar-refractivity contribution in [3.05, 3.63) is 58.2 Å². The monoisotopic (exact) mass is 421 g/mol. The van der Waals surface area contributed by atoms with Crippen LogP contribution in [0.15, 0.2) is 24.8 Å². The first-order chi connectivity index (χ1) is 14.4. The molecule has 4 heteroatoms. The molecule has 1 amide bonds. The number of ether oxygens (including phenoxy) is 2. The number of hydrogen-bond acceptors (Lipinski definition) is 3. The normalized spacial score (nSPS) is 15.3. The topological polar surface area (TPSA) is 47.6 Å². The summed E-state index contributed by atoms with van der Waals surface area (Å²) in [6.45, 7) is 19.0. The van der Waals surface area contributed by atoms with Crippen LogP contribution in [0, 0.1) is 26.2 Å². The molecule has 0 spiro atoms. The third kappa shape index (κ3) is 4.48. The largest absolute Gasteiger partial charge is 0.496 e. The predicted octanol–water partition coefficient (Wildman–Crippen LogP) is 6.55. The fourth-order valence-electron chi connectivity index (χ4n) is 4.39. The molecule has 2 aromatic rings. The lowest BCUT2D eigenvalue weighted by molar-refractivity contribution is -0.117. The van der Waals surface area contributed by atoms with E-state index in [0.717, 1.165) is 56.1 Å². The number of anilines is 1. The molecule has 1 unspecified atom stereocenters. The molecule has 0 fully saturated rings. The van der Waals surface area contributed by atoms with Gasteiger partial charge >= 0.3 is 0 Å². The summed E-state index contributed by atoms with van der Waals surface area (Å²) in [5.41, 5.74) is 8.34. The minimum Gasteiger partial charge on any atom is -0.496 e. The summed E-state index contributed by atoms with van der Waals surface area (Å²) in [7, 11) is 1.69. The number of rotatable bonds is 5. The predicted molar refractivity (Wildman–Crippen MR) is 128 cm³/mol. The molecule has 0 saturated heterocycles. The van der Waals surface area contributed by atoms with Crippen molar-refractivity contribution in [3.8, 4) is 11.5 Å². The Balaban J connectivity index is 2.06. The molecule has 1 aliphatic rings. The molecule has 166 valence electrons. The van der Waals surface area contributed by atoms with Crippen molar-refractivity contribution >= 4 is 17.2 Å². The second-order valence-electron chi connectivity index (χ2n) is 9.88. The minimum atomic E-state index is -0.0646. The average Bonchev–Trinajstić information content (AvgIpc) is 3.13. The molecule has 1 heterocycles. The average molecular weight is 422 g/mol. The molecule has 1 atom stereocenters. The molecule has 31 heavy (non-hydrogen) atoms. The fraction of sp³-hybridized carbons (Fsp3) is 0.444. The SMILES string of the molecule is C=C(C)c1ccc(C2COc3c(C)c(C)c(NC(=O)CC(C)(C)C)c(C)c32)cc1OC. The van der Waals surface area contributed by atoms with Gasteiger partial charge in [0.2, 0.25) is 5.91 Å². The Morgan fingerprint density at radius 3 is 2.45 bits per heavy atom. The zero-order chi connectivity index (χ0) is 23.1. The van der Waals surface area contributed by atoms with Crippen LogP contribution in [0.25, 0.3) is 5.57 Å². The summed E-state index contributed by atoms with van der Waals surface area (Å²) in [5.74, 6) is 1.89. The Kier molecular flexibility index (Phi) is 6.22. The second-order valence-corrected chi connectivity index (χ2v) is 9.88. The van der Waals surface area contributed by atoms with E-state index in [9.17, 15) is 4.79 Å². The van der Waals surface area contributed by atoms with E-state index >= 15 is 0 Å². The highest BCUT2D eigenvalue weighted by Crippen LogP contribution is 2.47. The van der Waals surface area contributed by atoms with Crippen LogP contribution >= 0.6 is 0 Å². The number of carbonyl (C=O) groups is 1. The van der Waals surface area contributed by atoms with E-state index in [1.807, 2.05) is 6.92 Å². The van der Waals surface area contributed by atoms with Crippen LogP contribution in [0.5, 0.6) is 11.5 Å².